The molecule has 12 heavy (non-hydrogen) atoms. The maximum atomic E-state index is 10.8. The molecule has 0 heterocycles. The topological polar surface area (TPSA) is 69.1 Å². The molecule has 62 valence electrons. The number of carbonyl (C=O) groups is 1. The highest BCUT2D eigenvalue weighted by Crippen LogP contribution is 2.05. The van der Waals surface area contributed by atoms with Crippen LogP contribution in [0.15, 0.2) is 47.7 Å². The summed E-state index contributed by atoms with van der Waals surface area (Å²) >= 11 is 0. The van der Waals surface area contributed by atoms with Crippen molar-refractivity contribution in [2.24, 2.45) is 11.5 Å². The summed E-state index contributed by atoms with van der Waals surface area (Å²) in [5.41, 5.74) is 11.4. The second-order valence-corrected chi connectivity index (χ2v) is 2.34. The summed E-state index contributed by atoms with van der Waals surface area (Å²) in [6.07, 6.45) is 10.3. The number of nitrogens with two attached hydrogens (primary N) is 2. The number of carbonyl (C=O) groups excluding carboxylic acids is 1. The number of hydrogen-bond donors (Lipinski definition) is 2. The first kappa shape index (κ1) is 8.33. The van der Waals surface area contributed by atoms with Gasteiger partial charge < -0.3 is 11.5 Å². The quantitative estimate of drug-likeness (QED) is 0.584. The van der Waals surface area contributed by atoms with Crippen molar-refractivity contribution in [2.45, 2.75) is 0 Å². The summed E-state index contributed by atoms with van der Waals surface area (Å²) in [5.74, 6) is -0.510. The predicted octanol–water partition coefficient (Wildman–Crippen LogP) is 0.367. The summed E-state index contributed by atoms with van der Waals surface area (Å²) in [6.45, 7) is 0. The summed E-state index contributed by atoms with van der Waals surface area (Å²) in [6, 6.07) is 0. The first-order valence-corrected chi connectivity index (χ1v) is 3.53. The zero-order valence-electron chi connectivity index (χ0n) is 6.53. The molecule has 0 atom stereocenters. The largest absolute Gasteiger partial charge is 0.398 e. The van der Waals surface area contributed by atoms with Gasteiger partial charge in [0.15, 0.2) is 0 Å². The standard InChI is InChI=1S/C9H10N2O/c10-8-6-4-2-1-3-5-7(8)9(11)12/h1-6H,10H2,(H2,11,12). The van der Waals surface area contributed by atoms with Gasteiger partial charge >= 0.3 is 0 Å². The van der Waals surface area contributed by atoms with E-state index in [-0.39, 0.29) is 0 Å². The van der Waals surface area contributed by atoms with Crippen LogP contribution in [0.25, 0.3) is 0 Å². The van der Waals surface area contributed by atoms with Gasteiger partial charge in [0.2, 0.25) is 0 Å². The van der Waals surface area contributed by atoms with Crippen molar-refractivity contribution in [2.75, 3.05) is 0 Å². The summed E-state index contributed by atoms with van der Waals surface area (Å²) < 4.78 is 0. The molecule has 0 unspecified atom stereocenters. The SMILES string of the molecule is NC(=O)C1=CC=CC=CC=C1N. The minimum Gasteiger partial charge on any atom is -0.398 e. The van der Waals surface area contributed by atoms with Crippen LogP contribution in [0.5, 0.6) is 0 Å². The molecule has 1 amide bonds. The van der Waals surface area contributed by atoms with E-state index in [9.17, 15) is 4.79 Å². The number of amides is 1. The molecule has 0 saturated heterocycles. The maximum absolute atomic E-state index is 10.8. The molecule has 0 radical (unpaired) electrons. The van der Waals surface area contributed by atoms with Crippen LogP contribution < -0.4 is 11.5 Å². The van der Waals surface area contributed by atoms with E-state index in [1.54, 1.807) is 30.4 Å². The Morgan fingerprint density at radius 2 is 1.67 bits per heavy atom. The Hall–Kier alpha value is -1.77. The number of hydrogen-bond acceptors (Lipinski definition) is 2. The van der Waals surface area contributed by atoms with E-state index in [1.807, 2.05) is 6.08 Å². The van der Waals surface area contributed by atoms with E-state index in [0.717, 1.165) is 0 Å². The summed E-state index contributed by atoms with van der Waals surface area (Å²) in [4.78, 5) is 10.8. The zero-order chi connectivity index (χ0) is 8.97. The lowest BCUT2D eigenvalue weighted by Crippen LogP contribution is -2.18. The summed E-state index contributed by atoms with van der Waals surface area (Å²) in [7, 11) is 0. The van der Waals surface area contributed by atoms with Crippen molar-refractivity contribution in [3.05, 3.63) is 47.7 Å². The highest BCUT2D eigenvalue weighted by molar-refractivity contribution is 5.96. The normalized spacial score (nSPS) is 16.0. The second kappa shape index (κ2) is 3.57. The molecule has 0 fully saturated rings. The van der Waals surface area contributed by atoms with Crippen molar-refractivity contribution in [3.8, 4) is 0 Å². The van der Waals surface area contributed by atoms with Crippen molar-refractivity contribution < 1.29 is 4.79 Å². The minimum atomic E-state index is -0.510. The number of rotatable bonds is 1. The van der Waals surface area contributed by atoms with E-state index in [4.69, 9.17) is 11.5 Å². The third kappa shape index (κ3) is 1.85. The molecular formula is C9H10N2O. The number of primary amides is 1. The molecule has 0 aliphatic heterocycles. The third-order valence-corrected chi connectivity index (χ3v) is 1.45. The van der Waals surface area contributed by atoms with Crippen LogP contribution in [0, 0.1) is 0 Å². The lowest BCUT2D eigenvalue weighted by molar-refractivity contribution is -0.114. The van der Waals surface area contributed by atoms with Crippen molar-refractivity contribution in [1.29, 1.82) is 0 Å². The fourth-order valence-electron chi connectivity index (χ4n) is 0.850. The van der Waals surface area contributed by atoms with Crippen molar-refractivity contribution in [1.82, 2.24) is 0 Å². The lowest BCUT2D eigenvalue weighted by atomic mass is 10.1. The average molecular weight is 162 g/mol. The Bertz CT molecular complexity index is 308. The average Bonchev–Trinajstić information content (AvgIpc) is 1.96. The molecule has 1 aliphatic rings. The van der Waals surface area contributed by atoms with Crippen LogP contribution in [-0.2, 0) is 4.79 Å². The third-order valence-electron chi connectivity index (χ3n) is 1.45. The van der Waals surface area contributed by atoms with Crippen LogP contribution in [0.3, 0.4) is 0 Å². The van der Waals surface area contributed by atoms with E-state index < -0.39 is 5.91 Å². The number of allylic oxidation sites excluding steroid dienone is 6. The van der Waals surface area contributed by atoms with Gasteiger partial charge in [0.1, 0.15) is 0 Å². The molecule has 3 nitrogen and oxygen atoms in total. The van der Waals surface area contributed by atoms with Gasteiger partial charge in [0, 0.05) is 5.70 Å². The molecule has 3 heteroatoms. The van der Waals surface area contributed by atoms with Crippen LogP contribution in [0.2, 0.25) is 0 Å². The molecule has 4 N–H and O–H groups in total. The molecule has 0 aromatic rings. The molecule has 1 aliphatic carbocycles. The van der Waals surface area contributed by atoms with E-state index in [2.05, 4.69) is 0 Å². The van der Waals surface area contributed by atoms with Gasteiger partial charge in [-0.25, -0.2) is 0 Å². The van der Waals surface area contributed by atoms with Crippen LogP contribution in [0.4, 0.5) is 0 Å². The Kier molecular flexibility index (Phi) is 2.48. The fourth-order valence-corrected chi connectivity index (χ4v) is 0.850. The molecule has 0 aromatic heterocycles. The minimum absolute atomic E-state index is 0.343. The van der Waals surface area contributed by atoms with Gasteiger partial charge in [0.05, 0.1) is 5.57 Å². The highest BCUT2D eigenvalue weighted by Gasteiger charge is 2.05. The van der Waals surface area contributed by atoms with Gasteiger partial charge in [-0.3, -0.25) is 4.79 Å². The second-order valence-electron chi connectivity index (χ2n) is 2.34. The Labute approximate surface area is 70.7 Å². The van der Waals surface area contributed by atoms with Gasteiger partial charge in [0.25, 0.3) is 5.91 Å². The van der Waals surface area contributed by atoms with Crippen LogP contribution in [-0.4, -0.2) is 5.91 Å². The smallest absolute Gasteiger partial charge is 0.250 e. The van der Waals surface area contributed by atoms with E-state index in [1.165, 1.54) is 0 Å². The molecule has 0 aromatic carbocycles. The Morgan fingerprint density at radius 1 is 1.08 bits per heavy atom. The first-order chi connectivity index (χ1) is 5.72. The van der Waals surface area contributed by atoms with E-state index in [0.29, 0.717) is 11.3 Å². The van der Waals surface area contributed by atoms with Crippen molar-refractivity contribution >= 4 is 5.91 Å². The van der Waals surface area contributed by atoms with E-state index >= 15 is 0 Å². The predicted molar refractivity (Wildman–Crippen MR) is 47.8 cm³/mol. The van der Waals surface area contributed by atoms with Gasteiger partial charge in [-0.15, -0.1) is 0 Å². The lowest BCUT2D eigenvalue weighted by Gasteiger charge is -2.01. The zero-order valence-corrected chi connectivity index (χ0v) is 6.53. The van der Waals surface area contributed by atoms with Gasteiger partial charge in [-0.05, 0) is 12.2 Å². The molecule has 0 bridgehead atoms. The van der Waals surface area contributed by atoms with Crippen LogP contribution in [0.1, 0.15) is 0 Å². The Balaban J connectivity index is 3.03. The summed E-state index contributed by atoms with van der Waals surface area (Å²) in [5, 5.41) is 0. The van der Waals surface area contributed by atoms with Crippen LogP contribution >= 0.6 is 0 Å². The van der Waals surface area contributed by atoms with Gasteiger partial charge in [-0.2, -0.15) is 0 Å². The molecular weight excluding hydrogens is 152 g/mol. The Morgan fingerprint density at radius 3 is 2.25 bits per heavy atom. The highest BCUT2D eigenvalue weighted by atomic mass is 16.1. The molecule has 0 saturated carbocycles. The monoisotopic (exact) mass is 162 g/mol. The maximum Gasteiger partial charge on any atom is 0.250 e. The van der Waals surface area contributed by atoms with Crippen molar-refractivity contribution in [3.63, 3.8) is 0 Å². The van der Waals surface area contributed by atoms with Gasteiger partial charge in [-0.1, -0.05) is 24.3 Å². The fraction of sp³-hybridized carbons (Fsp3) is 0. The molecule has 1 rings (SSSR count). The molecule has 0 spiro atoms. The first-order valence-electron chi connectivity index (χ1n) is 3.53.